The van der Waals surface area contributed by atoms with Crippen LogP contribution in [0, 0.1) is 11.7 Å². The Morgan fingerprint density at radius 2 is 2.00 bits per heavy atom. The first-order valence-electron chi connectivity index (χ1n) is 6.41. The van der Waals surface area contributed by atoms with Gasteiger partial charge in [0.15, 0.2) is 0 Å². The molecule has 2 rings (SSSR count). The summed E-state index contributed by atoms with van der Waals surface area (Å²) in [6, 6.07) is 3.20. The van der Waals surface area contributed by atoms with Crippen molar-refractivity contribution in [3.63, 3.8) is 0 Å². The smallest absolute Gasteiger partial charge is 0.250 e. The molecule has 0 spiro atoms. The summed E-state index contributed by atoms with van der Waals surface area (Å²) < 4.78 is 14.0. The van der Waals surface area contributed by atoms with Gasteiger partial charge in [0.25, 0.3) is 0 Å². The van der Waals surface area contributed by atoms with Crippen LogP contribution >= 0.6 is 15.9 Å². The van der Waals surface area contributed by atoms with E-state index in [4.69, 9.17) is 0 Å². The zero-order chi connectivity index (χ0) is 15.0. The maximum Gasteiger partial charge on any atom is 0.250 e. The van der Waals surface area contributed by atoms with E-state index in [1.807, 2.05) is 13.8 Å². The van der Waals surface area contributed by atoms with Crippen LogP contribution in [0.1, 0.15) is 20.8 Å². The molecule has 1 aliphatic heterocycles. The zero-order valence-electron chi connectivity index (χ0n) is 11.5. The summed E-state index contributed by atoms with van der Waals surface area (Å²) in [5, 5.41) is 2.65. The maximum absolute atomic E-state index is 13.7. The molecule has 20 heavy (non-hydrogen) atoms. The van der Waals surface area contributed by atoms with Gasteiger partial charge in [-0.3, -0.25) is 14.5 Å². The molecule has 2 atom stereocenters. The van der Waals surface area contributed by atoms with Gasteiger partial charge in [0.05, 0.1) is 4.47 Å². The summed E-state index contributed by atoms with van der Waals surface area (Å²) in [4.78, 5) is 25.9. The third kappa shape index (κ3) is 2.57. The number of benzene rings is 1. The fraction of sp³-hybridized carbons (Fsp3) is 0.429. The highest BCUT2D eigenvalue weighted by Crippen LogP contribution is 2.28. The molecule has 1 N–H and O–H groups in total. The van der Waals surface area contributed by atoms with Crippen molar-refractivity contribution in [2.24, 2.45) is 5.92 Å². The monoisotopic (exact) mass is 342 g/mol. The van der Waals surface area contributed by atoms with Gasteiger partial charge >= 0.3 is 0 Å². The number of anilines is 1. The SMILES string of the molecule is CC1NC(=O)C(C(C)C)N(c2ccc(Br)c(F)c2)C1=O. The highest BCUT2D eigenvalue weighted by Gasteiger charge is 2.41. The molecule has 2 amide bonds. The van der Waals surface area contributed by atoms with Crippen molar-refractivity contribution < 1.29 is 14.0 Å². The maximum atomic E-state index is 13.7. The Hall–Kier alpha value is -1.43. The first-order chi connectivity index (χ1) is 9.32. The Kier molecular flexibility index (Phi) is 4.13. The number of nitrogens with one attached hydrogen (secondary N) is 1. The van der Waals surface area contributed by atoms with Gasteiger partial charge in [-0.15, -0.1) is 0 Å². The minimum Gasteiger partial charge on any atom is -0.343 e. The number of hydrogen-bond acceptors (Lipinski definition) is 2. The quantitative estimate of drug-likeness (QED) is 0.897. The fourth-order valence-corrected chi connectivity index (χ4v) is 2.59. The van der Waals surface area contributed by atoms with Gasteiger partial charge in [-0.05, 0) is 47.0 Å². The summed E-state index contributed by atoms with van der Waals surface area (Å²) in [5.74, 6) is -0.977. The number of rotatable bonds is 2. The molecule has 0 saturated carbocycles. The van der Waals surface area contributed by atoms with E-state index >= 15 is 0 Å². The normalized spacial score (nSPS) is 23.2. The lowest BCUT2D eigenvalue weighted by Crippen LogP contribution is -2.64. The summed E-state index contributed by atoms with van der Waals surface area (Å²) >= 11 is 3.08. The fourth-order valence-electron chi connectivity index (χ4n) is 2.35. The molecule has 4 nitrogen and oxygen atoms in total. The molecule has 1 saturated heterocycles. The summed E-state index contributed by atoms with van der Waals surface area (Å²) in [5.41, 5.74) is 0.399. The van der Waals surface area contributed by atoms with E-state index in [9.17, 15) is 14.0 Å². The van der Waals surface area contributed by atoms with Crippen LogP contribution in [0.2, 0.25) is 0 Å². The molecule has 0 radical (unpaired) electrons. The Bertz CT molecular complexity index is 562. The van der Waals surface area contributed by atoms with Crippen molar-refractivity contribution in [2.45, 2.75) is 32.9 Å². The Balaban J connectivity index is 2.49. The molecule has 1 fully saturated rings. The lowest BCUT2D eigenvalue weighted by Gasteiger charge is -2.39. The Labute approximate surface area is 125 Å². The van der Waals surface area contributed by atoms with E-state index in [-0.39, 0.29) is 17.7 Å². The lowest BCUT2D eigenvalue weighted by molar-refractivity contribution is -0.134. The van der Waals surface area contributed by atoms with Gasteiger partial charge in [0.2, 0.25) is 11.8 Å². The minimum atomic E-state index is -0.626. The first-order valence-corrected chi connectivity index (χ1v) is 7.20. The average molecular weight is 343 g/mol. The van der Waals surface area contributed by atoms with E-state index in [1.54, 1.807) is 13.0 Å². The van der Waals surface area contributed by atoms with Crippen molar-refractivity contribution in [3.05, 3.63) is 28.5 Å². The number of carbonyl (C=O) groups excluding carboxylic acids is 2. The molecule has 0 aromatic heterocycles. The number of hydrogen-bond donors (Lipinski definition) is 1. The summed E-state index contributed by atoms with van der Waals surface area (Å²) in [6.07, 6.45) is 0. The van der Waals surface area contributed by atoms with Crippen molar-refractivity contribution in [1.29, 1.82) is 0 Å². The van der Waals surface area contributed by atoms with Crippen LogP contribution < -0.4 is 10.2 Å². The highest BCUT2D eigenvalue weighted by molar-refractivity contribution is 9.10. The molecule has 108 valence electrons. The van der Waals surface area contributed by atoms with Crippen LogP contribution in [-0.2, 0) is 9.59 Å². The molecule has 1 aromatic carbocycles. The van der Waals surface area contributed by atoms with E-state index in [0.29, 0.717) is 10.2 Å². The molecular formula is C14H16BrFN2O2. The van der Waals surface area contributed by atoms with Crippen LogP contribution in [0.3, 0.4) is 0 Å². The highest BCUT2D eigenvalue weighted by atomic mass is 79.9. The predicted octanol–water partition coefficient (Wildman–Crippen LogP) is 2.46. The van der Waals surface area contributed by atoms with Gasteiger partial charge in [-0.25, -0.2) is 4.39 Å². The number of amides is 2. The van der Waals surface area contributed by atoms with Gasteiger partial charge in [0, 0.05) is 5.69 Å². The van der Waals surface area contributed by atoms with Crippen LogP contribution in [0.25, 0.3) is 0 Å². The van der Waals surface area contributed by atoms with Crippen LogP contribution in [0.15, 0.2) is 22.7 Å². The number of carbonyl (C=O) groups is 2. The van der Waals surface area contributed by atoms with E-state index in [1.165, 1.54) is 17.0 Å². The average Bonchev–Trinajstić information content (AvgIpc) is 2.36. The van der Waals surface area contributed by atoms with Gasteiger partial charge in [-0.1, -0.05) is 13.8 Å². The number of halogens is 2. The van der Waals surface area contributed by atoms with Crippen molar-refractivity contribution >= 4 is 33.4 Å². The zero-order valence-corrected chi connectivity index (χ0v) is 13.1. The van der Waals surface area contributed by atoms with E-state index < -0.39 is 17.9 Å². The van der Waals surface area contributed by atoms with Crippen LogP contribution in [0.4, 0.5) is 10.1 Å². The molecule has 0 aliphatic carbocycles. The molecular weight excluding hydrogens is 327 g/mol. The molecule has 1 heterocycles. The molecule has 0 bridgehead atoms. The lowest BCUT2D eigenvalue weighted by atomic mass is 9.96. The number of piperazine rings is 1. The molecule has 1 aromatic rings. The van der Waals surface area contributed by atoms with Crippen molar-refractivity contribution in [2.75, 3.05) is 4.90 Å². The Morgan fingerprint density at radius 3 is 2.55 bits per heavy atom. The molecule has 6 heteroatoms. The third-order valence-electron chi connectivity index (χ3n) is 3.33. The standard InChI is InChI=1S/C14H16BrFN2O2/c1-7(2)12-13(19)17-8(3)14(20)18(12)9-4-5-10(15)11(16)6-9/h4-8,12H,1-3H3,(H,17,19). The minimum absolute atomic E-state index is 0.0711. The first kappa shape index (κ1) is 15.0. The summed E-state index contributed by atoms with van der Waals surface area (Å²) in [6.45, 7) is 5.34. The number of nitrogens with zero attached hydrogens (tertiary/aromatic N) is 1. The van der Waals surface area contributed by atoms with Gasteiger partial charge < -0.3 is 5.32 Å². The Morgan fingerprint density at radius 1 is 1.35 bits per heavy atom. The summed E-state index contributed by atoms with van der Waals surface area (Å²) in [7, 11) is 0. The third-order valence-corrected chi connectivity index (χ3v) is 3.97. The topological polar surface area (TPSA) is 49.4 Å². The second-order valence-electron chi connectivity index (χ2n) is 5.23. The van der Waals surface area contributed by atoms with Gasteiger partial charge in [0.1, 0.15) is 17.9 Å². The van der Waals surface area contributed by atoms with E-state index in [0.717, 1.165) is 0 Å². The van der Waals surface area contributed by atoms with Crippen molar-refractivity contribution in [1.82, 2.24) is 5.32 Å². The molecule has 2 unspecified atom stereocenters. The second kappa shape index (κ2) is 5.52. The predicted molar refractivity (Wildman–Crippen MR) is 77.8 cm³/mol. The van der Waals surface area contributed by atoms with E-state index in [2.05, 4.69) is 21.2 Å². The largest absolute Gasteiger partial charge is 0.343 e. The van der Waals surface area contributed by atoms with Crippen LogP contribution in [-0.4, -0.2) is 23.9 Å². The van der Waals surface area contributed by atoms with Gasteiger partial charge in [-0.2, -0.15) is 0 Å². The van der Waals surface area contributed by atoms with Crippen molar-refractivity contribution in [3.8, 4) is 0 Å². The molecule has 1 aliphatic rings. The van der Waals surface area contributed by atoms with Crippen LogP contribution in [0.5, 0.6) is 0 Å². The second-order valence-corrected chi connectivity index (χ2v) is 6.08.